The number of hydrogen-bond donors (Lipinski definition) is 1. The van der Waals surface area contributed by atoms with Gasteiger partial charge in [0.25, 0.3) is 0 Å². The van der Waals surface area contributed by atoms with Gasteiger partial charge in [0, 0.05) is 12.1 Å². The van der Waals surface area contributed by atoms with Crippen molar-refractivity contribution in [3.8, 4) is 0 Å². The summed E-state index contributed by atoms with van der Waals surface area (Å²) in [6, 6.07) is 0. The lowest BCUT2D eigenvalue weighted by Crippen LogP contribution is -2.21. The molecule has 4 heteroatoms. The van der Waals surface area contributed by atoms with Crippen molar-refractivity contribution in [2.75, 3.05) is 19.8 Å². The summed E-state index contributed by atoms with van der Waals surface area (Å²) in [5.74, 6) is -0.278. The largest absolute Gasteiger partial charge is 0.463 e. The second kappa shape index (κ2) is 4.99. The van der Waals surface area contributed by atoms with Crippen LogP contribution in [0.4, 0.5) is 0 Å². The summed E-state index contributed by atoms with van der Waals surface area (Å²) in [6.45, 7) is 5.44. The minimum Gasteiger partial charge on any atom is -0.463 e. The van der Waals surface area contributed by atoms with E-state index in [2.05, 4.69) is 5.32 Å². The van der Waals surface area contributed by atoms with Crippen LogP contribution in [0.2, 0.25) is 0 Å². The van der Waals surface area contributed by atoms with Crippen molar-refractivity contribution < 1.29 is 14.3 Å². The van der Waals surface area contributed by atoms with Gasteiger partial charge in [-0.2, -0.15) is 0 Å². The minimum absolute atomic E-state index is 0.135. The topological polar surface area (TPSA) is 47.6 Å². The van der Waals surface area contributed by atoms with Crippen LogP contribution in [0.15, 0.2) is 11.6 Å². The van der Waals surface area contributed by atoms with Crippen LogP contribution in [0.3, 0.4) is 0 Å². The molecular weight excluding hydrogens is 170 g/mol. The van der Waals surface area contributed by atoms with Crippen molar-refractivity contribution >= 4 is 5.97 Å². The van der Waals surface area contributed by atoms with Gasteiger partial charge >= 0.3 is 5.97 Å². The van der Waals surface area contributed by atoms with E-state index in [0.717, 1.165) is 6.54 Å². The molecule has 13 heavy (non-hydrogen) atoms. The van der Waals surface area contributed by atoms with Crippen LogP contribution in [0, 0.1) is 0 Å². The molecule has 0 radical (unpaired) electrons. The molecule has 1 rings (SSSR count). The first kappa shape index (κ1) is 10.2. The summed E-state index contributed by atoms with van der Waals surface area (Å²) >= 11 is 0. The van der Waals surface area contributed by atoms with Crippen molar-refractivity contribution in [2.45, 2.75) is 20.1 Å². The normalized spacial score (nSPS) is 23.2. The van der Waals surface area contributed by atoms with Gasteiger partial charge < -0.3 is 9.47 Å². The Morgan fingerprint density at radius 1 is 1.77 bits per heavy atom. The third-order valence-electron chi connectivity index (χ3n) is 1.74. The second-order valence-electron chi connectivity index (χ2n) is 2.82. The Bertz CT molecular complexity index is 207. The molecule has 1 heterocycles. The van der Waals surface area contributed by atoms with E-state index in [-0.39, 0.29) is 12.2 Å². The van der Waals surface area contributed by atoms with E-state index in [1.54, 1.807) is 19.9 Å². The van der Waals surface area contributed by atoms with Gasteiger partial charge in [-0.3, -0.25) is 5.32 Å². The van der Waals surface area contributed by atoms with Crippen molar-refractivity contribution in [3.63, 3.8) is 0 Å². The summed E-state index contributed by atoms with van der Waals surface area (Å²) in [5.41, 5.74) is 0.584. The van der Waals surface area contributed by atoms with Gasteiger partial charge in [-0.1, -0.05) is 0 Å². The van der Waals surface area contributed by atoms with Gasteiger partial charge in [-0.25, -0.2) is 4.79 Å². The highest BCUT2D eigenvalue weighted by molar-refractivity contribution is 5.87. The summed E-state index contributed by atoms with van der Waals surface area (Å²) in [6.07, 6.45) is 1.61. The average molecular weight is 185 g/mol. The second-order valence-corrected chi connectivity index (χ2v) is 2.82. The molecule has 0 bridgehead atoms. The molecule has 0 aliphatic carbocycles. The summed E-state index contributed by atoms with van der Waals surface area (Å²) in [4.78, 5) is 11.2. The van der Waals surface area contributed by atoms with Gasteiger partial charge in [0.1, 0.15) is 6.23 Å². The number of carbonyl (C=O) groups excluding carboxylic acids is 1. The zero-order valence-electron chi connectivity index (χ0n) is 8.00. The maximum Gasteiger partial charge on any atom is 0.333 e. The first-order valence-electron chi connectivity index (χ1n) is 4.44. The molecule has 0 spiro atoms. The molecule has 1 aliphatic heterocycles. The van der Waals surface area contributed by atoms with E-state index < -0.39 is 0 Å². The highest BCUT2D eigenvalue weighted by Crippen LogP contribution is 2.03. The van der Waals surface area contributed by atoms with Crippen LogP contribution in [0.1, 0.15) is 13.8 Å². The van der Waals surface area contributed by atoms with Crippen molar-refractivity contribution in [1.29, 1.82) is 0 Å². The first-order chi connectivity index (χ1) is 6.24. The van der Waals surface area contributed by atoms with Crippen molar-refractivity contribution in [1.82, 2.24) is 5.32 Å². The molecule has 1 unspecified atom stereocenters. The first-order valence-corrected chi connectivity index (χ1v) is 4.44. The number of ether oxygens (including phenoxy) is 2. The Kier molecular flexibility index (Phi) is 3.92. The summed E-state index contributed by atoms with van der Waals surface area (Å²) < 4.78 is 10.1. The van der Waals surface area contributed by atoms with E-state index >= 15 is 0 Å². The zero-order chi connectivity index (χ0) is 9.68. The van der Waals surface area contributed by atoms with E-state index in [0.29, 0.717) is 18.8 Å². The van der Waals surface area contributed by atoms with E-state index in [4.69, 9.17) is 9.47 Å². The molecule has 1 atom stereocenters. The monoisotopic (exact) mass is 185 g/mol. The number of rotatable bonds is 3. The maximum atomic E-state index is 11.2. The maximum absolute atomic E-state index is 11.2. The standard InChI is InChI=1S/C9H15NO3/c1-3-12-9(11)7(2)6-8-10-4-5-13-8/h6,8,10H,3-5H2,1-2H3. The number of hydrogen-bond acceptors (Lipinski definition) is 4. The lowest BCUT2D eigenvalue weighted by molar-refractivity contribution is -0.138. The van der Waals surface area contributed by atoms with E-state index in [9.17, 15) is 4.79 Å². The van der Waals surface area contributed by atoms with E-state index in [1.165, 1.54) is 0 Å². The van der Waals surface area contributed by atoms with Crippen molar-refractivity contribution in [2.24, 2.45) is 0 Å². The molecule has 74 valence electrons. The quantitative estimate of drug-likeness (QED) is 0.512. The smallest absolute Gasteiger partial charge is 0.333 e. The molecular formula is C9H15NO3. The van der Waals surface area contributed by atoms with Gasteiger partial charge in [0.2, 0.25) is 0 Å². The van der Waals surface area contributed by atoms with Crippen LogP contribution in [0.25, 0.3) is 0 Å². The van der Waals surface area contributed by atoms with Gasteiger partial charge in [-0.05, 0) is 19.9 Å². The Morgan fingerprint density at radius 3 is 3.08 bits per heavy atom. The highest BCUT2D eigenvalue weighted by atomic mass is 16.5. The van der Waals surface area contributed by atoms with Crippen molar-refractivity contribution in [3.05, 3.63) is 11.6 Å². The van der Waals surface area contributed by atoms with Crippen LogP contribution in [-0.4, -0.2) is 32.0 Å². The van der Waals surface area contributed by atoms with E-state index in [1.807, 2.05) is 0 Å². The zero-order valence-corrected chi connectivity index (χ0v) is 8.00. The minimum atomic E-state index is -0.278. The molecule has 4 nitrogen and oxygen atoms in total. The van der Waals surface area contributed by atoms with Gasteiger partial charge in [0.15, 0.2) is 0 Å². The Hall–Kier alpha value is -0.870. The van der Waals surface area contributed by atoms with Crippen LogP contribution < -0.4 is 5.32 Å². The van der Waals surface area contributed by atoms with Crippen LogP contribution in [0.5, 0.6) is 0 Å². The van der Waals surface area contributed by atoms with Crippen LogP contribution >= 0.6 is 0 Å². The fraction of sp³-hybridized carbons (Fsp3) is 0.667. The number of esters is 1. The molecule has 0 amide bonds. The summed E-state index contributed by atoms with van der Waals surface area (Å²) in [7, 11) is 0. The van der Waals surface area contributed by atoms with Gasteiger partial charge in [-0.15, -0.1) is 0 Å². The molecule has 0 saturated carbocycles. The Balaban J connectivity index is 2.44. The highest BCUT2D eigenvalue weighted by Gasteiger charge is 2.14. The summed E-state index contributed by atoms with van der Waals surface area (Å²) in [5, 5.41) is 3.08. The fourth-order valence-electron chi connectivity index (χ4n) is 1.09. The molecule has 1 N–H and O–H groups in total. The predicted octanol–water partition coefficient (Wildman–Crippen LogP) is 0.442. The Morgan fingerprint density at radius 2 is 2.54 bits per heavy atom. The van der Waals surface area contributed by atoms with Gasteiger partial charge in [0.05, 0.1) is 13.2 Å². The lowest BCUT2D eigenvalue weighted by Gasteiger charge is -2.06. The number of nitrogens with one attached hydrogen (secondary N) is 1. The number of carbonyl (C=O) groups is 1. The third-order valence-corrected chi connectivity index (χ3v) is 1.74. The van der Waals surface area contributed by atoms with Crippen LogP contribution in [-0.2, 0) is 14.3 Å². The predicted molar refractivity (Wildman–Crippen MR) is 48.1 cm³/mol. The molecule has 1 aliphatic rings. The third kappa shape index (κ3) is 3.16. The molecule has 0 aromatic carbocycles. The molecule has 1 fully saturated rings. The fourth-order valence-corrected chi connectivity index (χ4v) is 1.09. The average Bonchev–Trinajstić information content (AvgIpc) is 2.57. The molecule has 1 saturated heterocycles. The SMILES string of the molecule is CCOC(=O)C(C)=CC1NCCO1. The molecule has 0 aromatic rings. The molecule has 0 aromatic heterocycles. The Labute approximate surface area is 77.9 Å². The lowest BCUT2D eigenvalue weighted by atomic mass is 10.3.